The number of carboxylic acid groups (broad SMARTS) is 1. The zero-order valence-corrected chi connectivity index (χ0v) is 8.69. The summed E-state index contributed by atoms with van der Waals surface area (Å²) in [7, 11) is 0. The van der Waals surface area contributed by atoms with Crippen LogP contribution in [0.25, 0.3) is 0 Å². The third-order valence-corrected chi connectivity index (χ3v) is 2.08. The molecule has 0 saturated heterocycles. The minimum absolute atomic E-state index is 0.0325. The maximum Gasteiger partial charge on any atom is 0.309 e. The van der Waals surface area contributed by atoms with E-state index in [1.165, 1.54) is 0 Å². The molecule has 1 aromatic rings. The van der Waals surface area contributed by atoms with Crippen LogP contribution in [0.1, 0.15) is 12.0 Å². The highest BCUT2D eigenvalue weighted by Crippen LogP contribution is 2.35. The van der Waals surface area contributed by atoms with Crippen LogP contribution in [0.4, 0.5) is 8.78 Å². The van der Waals surface area contributed by atoms with Gasteiger partial charge in [-0.2, -0.15) is 0 Å². The van der Waals surface area contributed by atoms with Gasteiger partial charge >= 0.3 is 5.97 Å². The Bertz CT molecular complexity index is 398. The first-order valence-corrected chi connectivity index (χ1v) is 4.50. The third kappa shape index (κ3) is 3.00. The van der Waals surface area contributed by atoms with Crippen LogP contribution in [-0.2, 0) is 10.7 Å². The molecular weight excluding hydrogens is 251 g/mol. The topological polar surface area (TPSA) is 50.2 Å². The Balaban J connectivity index is 3.09. The number of hydrogen-bond acceptors (Lipinski definition) is 2. The van der Waals surface area contributed by atoms with Crippen LogP contribution in [-0.4, -0.2) is 16.1 Å². The third-order valence-electron chi connectivity index (χ3n) is 1.58. The molecule has 0 saturated carbocycles. The number of hydrogen-bond donors (Lipinski definition) is 1. The second-order valence-electron chi connectivity index (χ2n) is 2.75. The molecule has 3 nitrogen and oxygen atoms in total. The van der Waals surface area contributed by atoms with E-state index < -0.39 is 29.0 Å². The van der Waals surface area contributed by atoms with Crippen molar-refractivity contribution in [2.45, 2.75) is 12.3 Å². The molecule has 0 bridgehead atoms. The normalized spacial score (nSPS) is 11.5. The van der Waals surface area contributed by atoms with Gasteiger partial charge in [0.25, 0.3) is 5.92 Å². The number of carboxylic acids is 1. The Kier molecular flexibility index (Phi) is 3.46. The molecule has 0 aliphatic rings. The number of pyridine rings is 1. The van der Waals surface area contributed by atoms with Gasteiger partial charge < -0.3 is 5.11 Å². The lowest BCUT2D eigenvalue weighted by Crippen LogP contribution is -2.19. The van der Waals surface area contributed by atoms with Crippen molar-refractivity contribution < 1.29 is 18.7 Å². The van der Waals surface area contributed by atoms with Gasteiger partial charge in [-0.25, -0.2) is 13.8 Å². The van der Waals surface area contributed by atoms with E-state index in [-0.39, 0.29) is 5.15 Å². The number of aliphatic carboxylic acids is 1. The van der Waals surface area contributed by atoms with Gasteiger partial charge in [-0.15, -0.1) is 0 Å². The summed E-state index contributed by atoms with van der Waals surface area (Å²) in [6, 6.07) is 2.08. The number of halogens is 4. The zero-order chi connectivity index (χ0) is 11.6. The standard InChI is InChI=1S/C8H5Cl2F2NO2/c9-5-2-1-4(7(10)13-5)8(11,12)3-6(14)15/h1-2H,3H2,(H,14,15). The minimum Gasteiger partial charge on any atom is -0.481 e. The number of nitrogens with zero attached hydrogens (tertiary/aromatic N) is 1. The Morgan fingerprint density at radius 2 is 2.07 bits per heavy atom. The average Bonchev–Trinajstić information content (AvgIpc) is 1.99. The van der Waals surface area contributed by atoms with E-state index in [4.69, 9.17) is 28.3 Å². The van der Waals surface area contributed by atoms with E-state index in [0.29, 0.717) is 0 Å². The van der Waals surface area contributed by atoms with Gasteiger partial charge in [0.1, 0.15) is 16.7 Å². The quantitative estimate of drug-likeness (QED) is 0.845. The van der Waals surface area contributed by atoms with Crippen molar-refractivity contribution >= 4 is 29.2 Å². The van der Waals surface area contributed by atoms with Gasteiger partial charge in [0, 0.05) is 0 Å². The molecule has 1 aromatic heterocycles. The Morgan fingerprint density at radius 1 is 1.47 bits per heavy atom. The van der Waals surface area contributed by atoms with Crippen molar-refractivity contribution in [2.24, 2.45) is 0 Å². The molecule has 1 N–H and O–H groups in total. The zero-order valence-electron chi connectivity index (χ0n) is 7.18. The van der Waals surface area contributed by atoms with E-state index in [0.717, 1.165) is 12.1 Å². The highest BCUT2D eigenvalue weighted by molar-refractivity contribution is 6.32. The molecule has 0 unspecified atom stereocenters. The summed E-state index contributed by atoms with van der Waals surface area (Å²) in [5, 5.41) is 7.76. The fourth-order valence-electron chi connectivity index (χ4n) is 0.970. The Morgan fingerprint density at radius 3 is 2.53 bits per heavy atom. The molecule has 0 aromatic carbocycles. The predicted octanol–water partition coefficient (Wildman–Crippen LogP) is 2.95. The first kappa shape index (κ1) is 12.1. The highest BCUT2D eigenvalue weighted by Gasteiger charge is 2.37. The first-order chi connectivity index (χ1) is 6.83. The van der Waals surface area contributed by atoms with Crippen molar-refractivity contribution in [3.05, 3.63) is 28.0 Å². The van der Waals surface area contributed by atoms with Gasteiger partial charge in [-0.05, 0) is 12.1 Å². The predicted molar refractivity (Wildman–Crippen MR) is 50.4 cm³/mol. The molecule has 0 aliphatic carbocycles. The molecule has 0 fully saturated rings. The van der Waals surface area contributed by atoms with Crippen LogP contribution in [0.3, 0.4) is 0 Å². The van der Waals surface area contributed by atoms with Gasteiger partial charge in [0.15, 0.2) is 0 Å². The van der Waals surface area contributed by atoms with Crippen LogP contribution in [0.2, 0.25) is 10.3 Å². The second kappa shape index (κ2) is 4.28. The van der Waals surface area contributed by atoms with Crippen LogP contribution >= 0.6 is 23.2 Å². The minimum atomic E-state index is -3.56. The van der Waals surface area contributed by atoms with E-state index in [1.54, 1.807) is 0 Å². The Hall–Kier alpha value is -0.940. The molecule has 1 heterocycles. The summed E-state index contributed by atoms with van der Waals surface area (Å²) in [6.07, 6.45) is -1.34. The lowest BCUT2D eigenvalue weighted by Gasteiger charge is -2.14. The first-order valence-electron chi connectivity index (χ1n) is 3.75. The van der Waals surface area contributed by atoms with Crippen LogP contribution in [0.5, 0.6) is 0 Å². The van der Waals surface area contributed by atoms with Crippen molar-refractivity contribution in [1.29, 1.82) is 0 Å². The van der Waals surface area contributed by atoms with Crippen molar-refractivity contribution in [1.82, 2.24) is 4.98 Å². The fourth-order valence-corrected chi connectivity index (χ4v) is 1.45. The number of aromatic nitrogens is 1. The second-order valence-corrected chi connectivity index (χ2v) is 3.49. The van der Waals surface area contributed by atoms with Gasteiger partial charge in [-0.1, -0.05) is 23.2 Å². The summed E-state index contributed by atoms with van der Waals surface area (Å²) in [5.74, 6) is -5.17. The van der Waals surface area contributed by atoms with Gasteiger partial charge in [-0.3, -0.25) is 4.79 Å². The summed E-state index contributed by atoms with van der Waals surface area (Å²) in [4.78, 5) is 13.6. The summed E-state index contributed by atoms with van der Waals surface area (Å²) in [5.41, 5.74) is -0.643. The van der Waals surface area contributed by atoms with E-state index in [1.807, 2.05) is 0 Å². The van der Waals surface area contributed by atoms with E-state index in [2.05, 4.69) is 4.98 Å². The highest BCUT2D eigenvalue weighted by atomic mass is 35.5. The molecule has 0 amide bonds. The molecule has 0 aliphatic heterocycles. The molecule has 0 atom stereocenters. The lowest BCUT2D eigenvalue weighted by atomic mass is 10.1. The molecular formula is C8H5Cl2F2NO2. The van der Waals surface area contributed by atoms with E-state index >= 15 is 0 Å². The number of carbonyl (C=O) groups is 1. The summed E-state index contributed by atoms with van der Waals surface area (Å²) < 4.78 is 26.5. The van der Waals surface area contributed by atoms with Crippen LogP contribution < -0.4 is 0 Å². The maximum absolute atomic E-state index is 13.3. The Labute approximate surface area is 93.6 Å². The largest absolute Gasteiger partial charge is 0.481 e. The van der Waals surface area contributed by atoms with Crippen LogP contribution in [0.15, 0.2) is 12.1 Å². The summed E-state index contributed by atoms with van der Waals surface area (Å²) >= 11 is 10.8. The van der Waals surface area contributed by atoms with Crippen molar-refractivity contribution in [2.75, 3.05) is 0 Å². The monoisotopic (exact) mass is 255 g/mol. The molecule has 15 heavy (non-hydrogen) atoms. The smallest absolute Gasteiger partial charge is 0.309 e. The van der Waals surface area contributed by atoms with Gasteiger partial charge in [0.2, 0.25) is 0 Å². The SMILES string of the molecule is O=C(O)CC(F)(F)c1ccc(Cl)nc1Cl. The van der Waals surface area contributed by atoms with Crippen molar-refractivity contribution in [3.8, 4) is 0 Å². The summed E-state index contributed by atoms with van der Waals surface area (Å²) in [6.45, 7) is 0. The van der Waals surface area contributed by atoms with E-state index in [9.17, 15) is 13.6 Å². The average molecular weight is 256 g/mol. The number of alkyl halides is 2. The number of rotatable bonds is 3. The lowest BCUT2D eigenvalue weighted by molar-refractivity contribution is -0.145. The molecule has 1 rings (SSSR count). The van der Waals surface area contributed by atoms with Gasteiger partial charge in [0.05, 0.1) is 5.56 Å². The molecule has 0 spiro atoms. The van der Waals surface area contributed by atoms with Crippen molar-refractivity contribution in [3.63, 3.8) is 0 Å². The molecule has 7 heteroatoms. The van der Waals surface area contributed by atoms with Crippen LogP contribution in [0, 0.1) is 0 Å². The molecule has 82 valence electrons. The fraction of sp³-hybridized carbons (Fsp3) is 0.250. The maximum atomic E-state index is 13.3. The molecule has 0 radical (unpaired) electrons.